The minimum Gasteiger partial charge on any atom is -0.428 e. The molecule has 3 N–H and O–H groups in total. The topological polar surface area (TPSA) is 151 Å². The monoisotopic (exact) mass is 591 g/mol. The van der Waals surface area contributed by atoms with Gasteiger partial charge in [-0.25, -0.2) is 9.18 Å². The zero-order chi connectivity index (χ0) is 28.4. The van der Waals surface area contributed by atoms with Crippen molar-refractivity contribution in [2.24, 2.45) is 41.2 Å². The van der Waals surface area contributed by atoms with Gasteiger partial charge in [-0.3, -0.25) is 14.4 Å². The highest BCUT2D eigenvalue weighted by molar-refractivity contribution is 7.99. The number of hydrogen-bond donors (Lipinski definition) is 2. The highest BCUT2D eigenvalue weighted by Crippen LogP contribution is 2.64. The van der Waals surface area contributed by atoms with Gasteiger partial charge in [0, 0.05) is 28.4 Å². The molecule has 3 rings (SSSR count). The van der Waals surface area contributed by atoms with Crippen LogP contribution in [-0.4, -0.2) is 60.0 Å². The summed E-state index contributed by atoms with van der Waals surface area (Å²) in [6.07, 6.45) is -1.15. The third-order valence-corrected chi connectivity index (χ3v) is 8.08. The molecule has 0 radical (unpaired) electrons. The number of carbonyl (C=O) groups excluding carboxylic acids is 4. The largest absolute Gasteiger partial charge is 0.428 e. The molecule has 0 spiro atoms. The first kappa shape index (κ1) is 32.8. The van der Waals surface area contributed by atoms with Crippen molar-refractivity contribution in [2.75, 3.05) is 19.3 Å². The smallest absolute Gasteiger partial charge is 0.329 e. The number of esters is 4. The molecule has 2 fully saturated rings. The van der Waals surface area contributed by atoms with Crippen molar-refractivity contribution in [1.82, 2.24) is 0 Å². The molecule has 0 aliphatic heterocycles. The SMILES string of the molecule is Cc1cc(SC[C@@H]2[C@@H](O)[C@H]3[C@H](C(=O)OCOC(=O)C(C)C)[C@H]3[C@]2(N)C(=O)OCOC(=O)C(C)C)ccc1F.Cl. The molecule has 10 nitrogen and oxygen atoms in total. The fraction of sp³-hybridized carbons (Fsp3) is 0.615. The summed E-state index contributed by atoms with van der Waals surface area (Å²) >= 11 is 1.28. The van der Waals surface area contributed by atoms with E-state index in [0.717, 1.165) is 0 Å². The zero-order valence-electron chi connectivity index (χ0n) is 22.4. The van der Waals surface area contributed by atoms with E-state index >= 15 is 0 Å². The molecule has 2 saturated carbocycles. The minimum atomic E-state index is -1.80. The van der Waals surface area contributed by atoms with Crippen molar-refractivity contribution >= 4 is 48.0 Å². The van der Waals surface area contributed by atoms with Crippen molar-refractivity contribution in [3.63, 3.8) is 0 Å². The second kappa shape index (κ2) is 13.3. The van der Waals surface area contributed by atoms with Gasteiger partial charge in [0.1, 0.15) is 11.4 Å². The second-order valence-corrected chi connectivity index (χ2v) is 11.3. The summed E-state index contributed by atoms with van der Waals surface area (Å²) in [5.41, 5.74) is 5.26. The maximum absolute atomic E-state index is 13.7. The number of aliphatic hydroxyl groups excluding tert-OH is 1. The number of halogens is 2. The van der Waals surface area contributed by atoms with Crippen LogP contribution in [0.2, 0.25) is 0 Å². The molecule has 39 heavy (non-hydrogen) atoms. The molecule has 0 unspecified atom stereocenters. The summed E-state index contributed by atoms with van der Waals surface area (Å²) in [5, 5.41) is 11.1. The first-order valence-corrected chi connectivity index (χ1v) is 13.3. The number of aryl methyl sites for hydroxylation is 1. The Kier molecular flexibility index (Phi) is 11.2. The van der Waals surface area contributed by atoms with Crippen LogP contribution in [0, 0.1) is 48.2 Å². The summed E-state index contributed by atoms with van der Waals surface area (Å²) in [4.78, 5) is 50.0. The number of thioether (sulfide) groups is 1. The van der Waals surface area contributed by atoms with Crippen LogP contribution in [0.5, 0.6) is 0 Å². The van der Waals surface area contributed by atoms with E-state index < -0.39 is 84.6 Å². The van der Waals surface area contributed by atoms with Crippen molar-refractivity contribution in [3.05, 3.63) is 29.6 Å². The molecule has 2 aliphatic rings. The predicted octanol–water partition coefficient (Wildman–Crippen LogP) is 2.60. The Bertz CT molecular complexity index is 1090. The molecule has 13 heteroatoms. The average Bonchev–Trinajstić information content (AvgIpc) is 3.57. The molecular weight excluding hydrogens is 557 g/mol. The van der Waals surface area contributed by atoms with Gasteiger partial charge in [0.25, 0.3) is 0 Å². The third kappa shape index (κ3) is 7.03. The maximum atomic E-state index is 13.7. The van der Waals surface area contributed by atoms with Crippen molar-refractivity contribution in [3.8, 4) is 0 Å². The van der Waals surface area contributed by atoms with Crippen LogP contribution in [-0.2, 0) is 38.1 Å². The Hall–Kier alpha value is -2.41. The number of benzene rings is 1. The maximum Gasteiger partial charge on any atom is 0.329 e. The van der Waals surface area contributed by atoms with E-state index in [-0.39, 0.29) is 24.0 Å². The van der Waals surface area contributed by atoms with E-state index in [4.69, 9.17) is 24.7 Å². The van der Waals surface area contributed by atoms with Gasteiger partial charge < -0.3 is 29.8 Å². The number of carbonyl (C=O) groups is 4. The average molecular weight is 592 g/mol. The first-order chi connectivity index (χ1) is 17.8. The Labute approximate surface area is 236 Å². The highest BCUT2D eigenvalue weighted by Gasteiger charge is 2.78. The molecule has 0 heterocycles. The number of hydrogen-bond acceptors (Lipinski definition) is 11. The van der Waals surface area contributed by atoms with Crippen LogP contribution in [0.15, 0.2) is 23.1 Å². The van der Waals surface area contributed by atoms with E-state index in [1.165, 1.54) is 17.8 Å². The fourth-order valence-corrected chi connectivity index (χ4v) is 6.00. The summed E-state index contributed by atoms with van der Waals surface area (Å²) in [5.74, 6) is -7.06. The standard InChI is InChI=1S/C26H34FNO9S.ClH/c1-12(2)22(30)34-10-36-24(32)19-18-20(19)26(28,25(33)37-11-35-23(31)13(3)4)16(21(18)29)9-38-15-6-7-17(27)14(5)8-15;/h6-8,12-13,16,18-21,29H,9-11,28H2,1-5H3;1H/t16-,18+,19+,20+,21-,26+;/m1./s1. The Morgan fingerprint density at radius 1 is 1.03 bits per heavy atom. The fourth-order valence-electron chi connectivity index (χ4n) is 4.73. The van der Waals surface area contributed by atoms with Crippen LogP contribution >= 0.6 is 24.2 Å². The number of rotatable bonds is 11. The molecule has 0 bridgehead atoms. The van der Waals surface area contributed by atoms with Crippen molar-refractivity contribution in [1.29, 1.82) is 0 Å². The van der Waals surface area contributed by atoms with Crippen LogP contribution in [0.4, 0.5) is 4.39 Å². The normalized spacial score (nSPS) is 26.9. The summed E-state index contributed by atoms with van der Waals surface area (Å²) in [6, 6.07) is 4.55. The molecule has 218 valence electrons. The van der Waals surface area contributed by atoms with E-state index in [9.17, 15) is 28.7 Å². The molecule has 2 aliphatic carbocycles. The lowest BCUT2D eigenvalue weighted by Crippen LogP contribution is -2.59. The van der Waals surface area contributed by atoms with Gasteiger partial charge in [-0.1, -0.05) is 27.7 Å². The van der Waals surface area contributed by atoms with E-state index in [2.05, 4.69) is 0 Å². The summed E-state index contributed by atoms with van der Waals surface area (Å²) in [6.45, 7) is 6.86. The van der Waals surface area contributed by atoms with Crippen LogP contribution in [0.3, 0.4) is 0 Å². The highest BCUT2D eigenvalue weighted by atomic mass is 35.5. The molecule has 1 aromatic rings. The van der Waals surface area contributed by atoms with Crippen molar-refractivity contribution in [2.45, 2.75) is 51.2 Å². The zero-order valence-corrected chi connectivity index (χ0v) is 24.0. The molecule has 6 atom stereocenters. The second-order valence-electron chi connectivity index (χ2n) is 10.2. The van der Waals surface area contributed by atoms with Gasteiger partial charge in [-0.05, 0) is 30.7 Å². The van der Waals surface area contributed by atoms with E-state index in [1.54, 1.807) is 46.8 Å². The molecule has 0 aromatic heterocycles. The van der Waals surface area contributed by atoms with Crippen LogP contribution < -0.4 is 5.73 Å². The van der Waals surface area contributed by atoms with Gasteiger partial charge in [-0.2, -0.15) is 0 Å². The van der Waals surface area contributed by atoms with Gasteiger partial charge in [0.05, 0.1) is 23.9 Å². The quantitative estimate of drug-likeness (QED) is 0.222. The van der Waals surface area contributed by atoms with E-state index in [1.807, 2.05) is 0 Å². The summed E-state index contributed by atoms with van der Waals surface area (Å²) < 4.78 is 33.7. The third-order valence-electron chi connectivity index (χ3n) is 6.97. The lowest BCUT2D eigenvalue weighted by atomic mass is 9.81. The summed E-state index contributed by atoms with van der Waals surface area (Å²) in [7, 11) is 0. The van der Waals surface area contributed by atoms with Crippen molar-refractivity contribution < 1.29 is 47.6 Å². The Morgan fingerprint density at radius 3 is 2.13 bits per heavy atom. The van der Waals surface area contributed by atoms with E-state index in [0.29, 0.717) is 10.5 Å². The lowest BCUT2D eigenvalue weighted by Gasteiger charge is -2.34. The van der Waals surface area contributed by atoms with Gasteiger partial charge >= 0.3 is 23.9 Å². The predicted molar refractivity (Wildman–Crippen MR) is 140 cm³/mol. The number of aliphatic hydroxyl groups is 1. The first-order valence-electron chi connectivity index (χ1n) is 12.3. The number of ether oxygens (including phenoxy) is 4. The van der Waals surface area contributed by atoms with Gasteiger partial charge in [0.15, 0.2) is 0 Å². The number of nitrogens with two attached hydrogens (primary N) is 1. The van der Waals surface area contributed by atoms with Crippen LogP contribution in [0.25, 0.3) is 0 Å². The van der Waals surface area contributed by atoms with Gasteiger partial charge in [-0.15, -0.1) is 24.2 Å². The number of fused-ring (bicyclic) bond motifs is 1. The Morgan fingerprint density at radius 2 is 1.59 bits per heavy atom. The molecule has 0 saturated heterocycles. The minimum absolute atomic E-state index is 0. The molecule has 0 amide bonds. The molecular formula is C26H35ClFNO9S. The van der Waals surface area contributed by atoms with Crippen LogP contribution in [0.1, 0.15) is 33.3 Å². The lowest BCUT2D eigenvalue weighted by molar-refractivity contribution is -0.175. The van der Waals surface area contributed by atoms with Gasteiger partial charge in [0.2, 0.25) is 13.6 Å². The Balaban J connectivity index is 0.00000533. The molecule has 1 aromatic carbocycles.